The molecule has 0 saturated carbocycles. The number of aryl methyl sites for hydroxylation is 1. The molecule has 0 aromatic heterocycles. The summed E-state index contributed by atoms with van der Waals surface area (Å²) in [6, 6.07) is 17.7. The van der Waals surface area contributed by atoms with Crippen LogP contribution in [0.4, 0.5) is 11.4 Å². The number of benzene rings is 3. The van der Waals surface area contributed by atoms with E-state index in [1.165, 1.54) is 28.6 Å². The summed E-state index contributed by atoms with van der Waals surface area (Å²) in [7, 11) is -7.44. The van der Waals surface area contributed by atoms with Gasteiger partial charge in [-0.1, -0.05) is 47.0 Å². The van der Waals surface area contributed by atoms with Crippen molar-refractivity contribution < 1.29 is 21.6 Å². The summed E-state index contributed by atoms with van der Waals surface area (Å²) in [6.45, 7) is 2.31. The lowest BCUT2D eigenvalue weighted by molar-refractivity contribution is -0.120. The number of rotatable bonds is 8. The van der Waals surface area contributed by atoms with Gasteiger partial charge in [-0.2, -0.15) is 0 Å². The van der Waals surface area contributed by atoms with Crippen molar-refractivity contribution in [1.82, 2.24) is 4.31 Å². The Labute approximate surface area is 233 Å². The summed E-state index contributed by atoms with van der Waals surface area (Å²) in [6.07, 6.45) is 0.711. The van der Waals surface area contributed by atoms with Crippen molar-refractivity contribution in [3.63, 3.8) is 0 Å². The fourth-order valence-electron chi connectivity index (χ4n) is 4.14. The highest BCUT2D eigenvalue weighted by atomic mass is 35.5. The Balaban J connectivity index is 1.32. The van der Waals surface area contributed by atoms with E-state index in [-0.39, 0.29) is 35.6 Å². The average Bonchev–Trinajstić information content (AvgIpc) is 2.88. The molecule has 4 rings (SSSR count). The van der Waals surface area contributed by atoms with E-state index in [1.54, 1.807) is 30.3 Å². The predicted molar refractivity (Wildman–Crippen MR) is 150 cm³/mol. The fraction of sp³-hybridized carbons (Fsp3) is 0.269. The van der Waals surface area contributed by atoms with Gasteiger partial charge in [-0.15, -0.1) is 0 Å². The molecule has 1 aliphatic rings. The standard InChI is InChI=1S/C26H27Cl2N3O5S2/c1-18-5-7-21(8-6-18)30-38(35,36)22-11-9-20(10-12-22)29-26(32)19-13-15-31(16-14-19)37(33,34)17-23-24(27)3-2-4-25(23)28/h2-12,19,30H,13-17H2,1H3,(H,29,32). The third kappa shape index (κ3) is 6.86. The van der Waals surface area contributed by atoms with E-state index < -0.39 is 20.0 Å². The second kappa shape index (κ2) is 11.6. The molecule has 1 saturated heterocycles. The lowest BCUT2D eigenvalue weighted by Gasteiger charge is -2.30. The third-order valence-electron chi connectivity index (χ3n) is 6.34. The van der Waals surface area contributed by atoms with E-state index in [1.807, 2.05) is 19.1 Å². The number of nitrogens with zero attached hydrogens (tertiary/aromatic N) is 1. The second-order valence-corrected chi connectivity index (χ2v) is 13.6. The van der Waals surface area contributed by atoms with Crippen LogP contribution in [0.15, 0.2) is 71.6 Å². The first-order valence-corrected chi connectivity index (χ1v) is 15.7. The molecule has 8 nitrogen and oxygen atoms in total. The topological polar surface area (TPSA) is 113 Å². The minimum absolute atomic E-state index is 0.0632. The van der Waals surface area contributed by atoms with Gasteiger partial charge in [-0.3, -0.25) is 9.52 Å². The predicted octanol–water partition coefficient (Wildman–Crippen LogP) is 5.28. The van der Waals surface area contributed by atoms with E-state index in [0.29, 0.717) is 39.8 Å². The van der Waals surface area contributed by atoms with E-state index in [2.05, 4.69) is 10.0 Å². The highest BCUT2D eigenvalue weighted by Gasteiger charge is 2.32. The van der Waals surface area contributed by atoms with Gasteiger partial charge in [-0.05, 0) is 68.3 Å². The Morgan fingerprint density at radius 3 is 2.00 bits per heavy atom. The van der Waals surface area contributed by atoms with Gasteiger partial charge in [0.25, 0.3) is 10.0 Å². The summed E-state index contributed by atoms with van der Waals surface area (Å²) >= 11 is 12.3. The molecule has 0 unspecified atom stereocenters. The van der Waals surface area contributed by atoms with Gasteiger partial charge >= 0.3 is 0 Å². The molecule has 1 aliphatic heterocycles. The molecule has 1 amide bonds. The maximum atomic E-state index is 12.9. The molecule has 12 heteroatoms. The fourth-order valence-corrected chi connectivity index (χ4v) is 7.51. The highest BCUT2D eigenvalue weighted by molar-refractivity contribution is 7.92. The molecule has 0 bridgehead atoms. The zero-order valence-corrected chi connectivity index (χ0v) is 23.7. The second-order valence-electron chi connectivity index (χ2n) is 9.11. The Morgan fingerprint density at radius 2 is 1.42 bits per heavy atom. The van der Waals surface area contributed by atoms with E-state index in [0.717, 1.165) is 5.56 Å². The van der Waals surface area contributed by atoms with Crippen molar-refractivity contribution >= 4 is 60.5 Å². The molecule has 38 heavy (non-hydrogen) atoms. The zero-order chi connectivity index (χ0) is 27.5. The van der Waals surface area contributed by atoms with Crippen molar-refractivity contribution in [1.29, 1.82) is 0 Å². The Morgan fingerprint density at radius 1 is 0.868 bits per heavy atom. The minimum atomic E-state index is -3.78. The van der Waals surface area contributed by atoms with Gasteiger partial charge < -0.3 is 5.32 Å². The van der Waals surface area contributed by atoms with Crippen molar-refractivity contribution in [2.75, 3.05) is 23.1 Å². The SMILES string of the molecule is Cc1ccc(NS(=O)(=O)c2ccc(NC(=O)C3CCN(S(=O)(=O)Cc4c(Cl)cccc4Cl)CC3)cc2)cc1. The maximum absolute atomic E-state index is 12.9. The molecule has 0 radical (unpaired) electrons. The van der Waals surface area contributed by atoms with Crippen molar-refractivity contribution in [3.05, 3.63) is 87.9 Å². The van der Waals surface area contributed by atoms with Crippen LogP contribution >= 0.6 is 23.2 Å². The van der Waals surface area contributed by atoms with Crippen LogP contribution in [-0.2, 0) is 30.6 Å². The van der Waals surface area contributed by atoms with Crippen LogP contribution in [0, 0.1) is 12.8 Å². The number of nitrogens with one attached hydrogen (secondary N) is 2. The number of halogens is 2. The molecule has 1 heterocycles. The van der Waals surface area contributed by atoms with Crippen LogP contribution in [0.5, 0.6) is 0 Å². The number of hydrogen-bond donors (Lipinski definition) is 2. The zero-order valence-electron chi connectivity index (χ0n) is 20.5. The van der Waals surface area contributed by atoms with Crippen LogP contribution in [0.25, 0.3) is 0 Å². The molecular formula is C26H27Cl2N3O5S2. The quantitative estimate of drug-likeness (QED) is 0.367. The average molecular weight is 597 g/mol. The van der Waals surface area contributed by atoms with Crippen LogP contribution in [0.3, 0.4) is 0 Å². The lowest BCUT2D eigenvalue weighted by Crippen LogP contribution is -2.42. The molecule has 1 fully saturated rings. The molecule has 2 N–H and O–H groups in total. The number of amides is 1. The number of anilines is 2. The molecule has 0 spiro atoms. The normalized spacial score (nSPS) is 15.2. The molecule has 3 aromatic rings. The highest BCUT2D eigenvalue weighted by Crippen LogP contribution is 2.29. The number of carbonyl (C=O) groups is 1. The molecule has 0 aliphatic carbocycles. The van der Waals surface area contributed by atoms with Gasteiger partial charge in [0.05, 0.1) is 10.6 Å². The minimum Gasteiger partial charge on any atom is -0.326 e. The molecule has 0 atom stereocenters. The first kappa shape index (κ1) is 28.4. The maximum Gasteiger partial charge on any atom is 0.261 e. The van der Waals surface area contributed by atoms with Crippen LogP contribution < -0.4 is 10.0 Å². The van der Waals surface area contributed by atoms with Crippen LogP contribution in [0.1, 0.15) is 24.0 Å². The Bertz CT molecular complexity index is 1500. The molecular weight excluding hydrogens is 569 g/mol. The number of carbonyl (C=O) groups excluding carboxylic acids is 1. The summed E-state index contributed by atoms with van der Waals surface area (Å²) in [5.41, 5.74) is 2.28. The number of sulfonamides is 2. The Hall–Kier alpha value is -2.63. The first-order valence-electron chi connectivity index (χ1n) is 11.9. The summed E-state index contributed by atoms with van der Waals surface area (Å²) < 4.78 is 55.1. The summed E-state index contributed by atoms with van der Waals surface area (Å²) in [5, 5.41) is 3.38. The summed E-state index contributed by atoms with van der Waals surface area (Å²) in [4.78, 5) is 12.9. The van der Waals surface area contributed by atoms with Crippen LogP contribution in [0.2, 0.25) is 10.0 Å². The van der Waals surface area contributed by atoms with Crippen molar-refractivity contribution in [2.45, 2.75) is 30.4 Å². The van der Waals surface area contributed by atoms with Crippen molar-refractivity contribution in [3.8, 4) is 0 Å². The van der Waals surface area contributed by atoms with E-state index in [9.17, 15) is 21.6 Å². The monoisotopic (exact) mass is 595 g/mol. The number of piperidine rings is 1. The van der Waals surface area contributed by atoms with Gasteiger partial charge in [-0.25, -0.2) is 21.1 Å². The smallest absolute Gasteiger partial charge is 0.261 e. The molecule has 3 aromatic carbocycles. The van der Waals surface area contributed by atoms with Crippen LogP contribution in [-0.4, -0.2) is 40.1 Å². The Kier molecular flexibility index (Phi) is 8.68. The van der Waals surface area contributed by atoms with Gasteiger partial charge in [0.15, 0.2) is 0 Å². The lowest BCUT2D eigenvalue weighted by atomic mass is 9.97. The largest absolute Gasteiger partial charge is 0.326 e. The first-order chi connectivity index (χ1) is 17.9. The number of hydrogen-bond acceptors (Lipinski definition) is 5. The third-order valence-corrected chi connectivity index (χ3v) is 10.3. The van der Waals surface area contributed by atoms with E-state index >= 15 is 0 Å². The van der Waals surface area contributed by atoms with E-state index in [4.69, 9.17) is 23.2 Å². The van der Waals surface area contributed by atoms with Gasteiger partial charge in [0.2, 0.25) is 15.9 Å². The van der Waals surface area contributed by atoms with Crippen molar-refractivity contribution in [2.24, 2.45) is 5.92 Å². The molecule has 202 valence electrons. The summed E-state index contributed by atoms with van der Waals surface area (Å²) in [5.74, 6) is -0.933. The van der Waals surface area contributed by atoms with Gasteiger partial charge in [0, 0.05) is 46.0 Å². The van der Waals surface area contributed by atoms with Gasteiger partial charge in [0.1, 0.15) is 0 Å².